The second-order valence-electron chi connectivity index (χ2n) is 4.07. The zero-order chi connectivity index (χ0) is 10.6. The average Bonchev–Trinajstić information content (AvgIpc) is 1.81. The Morgan fingerprint density at radius 1 is 1.62 bits per heavy atom. The fourth-order valence-electron chi connectivity index (χ4n) is 0.936. The zero-order valence-electron chi connectivity index (χ0n) is 8.22. The highest BCUT2D eigenvalue weighted by Crippen LogP contribution is 2.18. The molecule has 5 nitrogen and oxygen atoms in total. The van der Waals surface area contributed by atoms with Crippen molar-refractivity contribution in [3.8, 4) is 0 Å². The number of hydrogen-bond donors (Lipinski definition) is 4. The van der Waals surface area contributed by atoms with Gasteiger partial charge in [-0.25, -0.2) is 0 Å². The van der Waals surface area contributed by atoms with E-state index in [1.165, 1.54) is 0 Å². The summed E-state index contributed by atoms with van der Waals surface area (Å²) in [5.74, 6) is -1.09. The van der Waals surface area contributed by atoms with Crippen molar-refractivity contribution in [3.05, 3.63) is 0 Å². The van der Waals surface area contributed by atoms with Crippen LogP contribution in [0.2, 0.25) is 5.11 Å². The van der Waals surface area contributed by atoms with Crippen LogP contribution in [0.25, 0.3) is 0 Å². The first-order chi connectivity index (χ1) is 5.73. The maximum Gasteiger partial charge on any atom is 0.305 e. The molecule has 0 radical (unpaired) electrons. The van der Waals surface area contributed by atoms with Gasteiger partial charge in [-0.3, -0.25) is 10.2 Å². The fraction of sp³-hybridized carbons (Fsp3) is 0.600. The van der Waals surface area contributed by atoms with Crippen molar-refractivity contribution in [1.29, 1.82) is 5.41 Å². The van der Waals surface area contributed by atoms with Crippen LogP contribution in [0.5, 0.6) is 0 Å². The third-order valence-corrected chi connectivity index (χ3v) is 1.75. The molecule has 1 unspecified atom stereocenters. The predicted octanol–water partition coefficient (Wildman–Crippen LogP) is -3.71. The normalized spacial score (nSPS) is 13.2. The van der Waals surface area contributed by atoms with Crippen LogP contribution < -0.4 is 11.1 Å². The third-order valence-electron chi connectivity index (χ3n) is 1.75. The van der Waals surface area contributed by atoms with Gasteiger partial charge in [0.25, 0.3) is 0 Å². The molecule has 0 aromatic carbocycles. The summed E-state index contributed by atoms with van der Waals surface area (Å²) >= 11 is 0. The van der Waals surface area contributed by atoms with Gasteiger partial charge in [-0.05, 0) is 0 Å². The Balaban J connectivity index is 4.37. The van der Waals surface area contributed by atoms with Gasteiger partial charge in [-0.1, -0.05) is 5.11 Å². The molecule has 70 valence electrons. The van der Waals surface area contributed by atoms with E-state index in [1.807, 2.05) is 23.5 Å². The van der Waals surface area contributed by atoms with Crippen molar-refractivity contribution in [2.45, 2.75) is 17.6 Å². The lowest BCUT2D eigenvalue weighted by Crippen LogP contribution is -2.48. The topological polar surface area (TPSA) is 99.2 Å². The molecule has 5 N–H and O–H groups in total. The summed E-state index contributed by atoms with van der Waals surface area (Å²) in [6, 6.07) is -0.317. The first kappa shape index (κ1) is 11.9. The number of carboxylic acid groups (broad SMARTS) is 1. The van der Waals surface area contributed by atoms with Gasteiger partial charge in [0, 0.05) is 6.04 Å². The van der Waals surface area contributed by atoms with Crippen LogP contribution >= 0.6 is 0 Å². The minimum absolute atomic E-state index is 0.0386. The molecule has 0 aliphatic heterocycles. The Morgan fingerprint density at radius 3 is 2.31 bits per heavy atom. The molecule has 0 saturated heterocycles. The van der Waals surface area contributed by atoms with Gasteiger partial charge in [-0.2, -0.15) is 0 Å². The highest BCUT2D eigenvalue weighted by molar-refractivity contribution is 6.59. The van der Waals surface area contributed by atoms with E-state index in [-0.39, 0.29) is 23.5 Å². The Hall–Kier alpha value is -1.07. The molecule has 1 atom stereocenters. The lowest BCUT2D eigenvalue weighted by Gasteiger charge is -2.30. The van der Waals surface area contributed by atoms with Gasteiger partial charge in [0.1, 0.15) is 0 Å². The summed E-state index contributed by atoms with van der Waals surface area (Å²) in [5, 5.41) is 18.0. The second-order valence-corrected chi connectivity index (χ2v) is 4.07. The van der Waals surface area contributed by atoms with E-state index in [9.17, 15) is 4.79 Å². The maximum atomic E-state index is 10.5. The smallest absolute Gasteiger partial charge is 0.305 e. The van der Waals surface area contributed by atoms with Gasteiger partial charge in [0.05, 0.1) is 30.0 Å². The van der Waals surface area contributed by atoms with Crippen molar-refractivity contribution in [2.75, 3.05) is 0 Å². The van der Waals surface area contributed by atoms with Crippen molar-refractivity contribution >= 4 is 35.5 Å². The van der Waals surface area contributed by atoms with Gasteiger partial charge < -0.3 is 16.2 Å². The minimum Gasteiger partial charge on any atom is -0.481 e. The highest BCUT2D eigenvalue weighted by Gasteiger charge is 2.26. The first-order valence-electron chi connectivity index (χ1n) is 4.06. The molecular weight excluding hydrogens is 167 g/mol. The van der Waals surface area contributed by atoms with E-state index in [2.05, 4.69) is 5.32 Å². The van der Waals surface area contributed by atoms with Gasteiger partial charge in [0.2, 0.25) is 0 Å². The van der Waals surface area contributed by atoms with Crippen LogP contribution in [0.1, 0.15) is 6.42 Å². The standard InChI is InChI=1S/C5H14B3N3O2/c6-5(7,8)2(1-3(12)13)11-4(9)10/h2H,1,6-8H2,(H,12,13)(H4,9,10,11). The number of guanidine groups is 1. The van der Waals surface area contributed by atoms with Crippen molar-refractivity contribution < 1.29 is 9.90 Å². The van der Waals surface area contributed by atoms with Crippen molar-refractivity contribution in [3.63, 3.8) is 0 Å². The molecule has 13 heavy (non-hydrogen) atoms. The number of carbonyl (C=O) groups is 1. The SMILES string of the molecule is BC(B)(B)C(CC(=O)O)NC(=N)N. The summed E-state index contributed by atoms with van der Waals surface area (Å²) in [4.78, 5) is 10.5. The third kappa shape index (κ3) is 5.22. The number of aliphatic carboxylic acids is 1. The van der Waals surface area contributed by atoms with E-state index in [0.29, 0.717) is 0 Å². The van der Waals surface area contributed by atoms with E-state index in [4.69, 9.17) is 16.2 Å². The van der Waals surface area contributed by atoms with Gasteiger partial charge in [0.15, 0.2) is 5.96 Å². The van der Waals surface area contributed by atoms with E-state index in [0.717, 1.165) is 0 Å². The number of carboxylic acids is 1. The molecule has 0 aliphatic carbocycles. The number of nitrogens with one attached hydrogen (secondary N) is 2. The molecule has 0 rings (SSSR count). The van der Waals surface area contributed by atoms with Gasteiger partial charge >= 0.3 is 5.97 Å². The maximum absolute atomic E-state index is 10.5. The molecular formula is C5H14B3N3O2. The number of nitrogens with two attached hydrogens (primary N) is 1. The molecule has 0 aromatic heterocycles. The molecule has 8 heteroatoms. The van der Waals surface area contributed by atoms with Crippen LogP contribution in [0, 0.1) is 5.41 Å². The van der Waals surface area contributed by atoms with Crippen LogP contribution in [0.3, 0.4) is 0 Å². The Morgan fingerprint density at radius 2 is 2.08 bits per heavy atom. The second kappa shape index (κ2) is 4.25. The van der Waals surface area contributed by atoms with Crippen LogP contribution in [0.15, 0.2) is 0 Å². The number of hydrogen-bond acceptors (Lipinski definition) is 2. The molecule has 0 bridgehead atoms. The van der Waals surface area contributed by atoms with E-state index >= 15 is 0 Å². The summed E-state index contributed by atoms with van der Waals surface area (Å²) in [6.45, 7) is 0. The molecule has 0 aromatic rings. The molecule has 0 amide bonds. The fourth-order valence-corrected chi connectivity index (χ4v) is 0.936. The van der Waals surface area contributed by atoms with Crippen LogP contribution in [-0.2, 0) is 4.79 Å². The lowest BCUT2D eigenvalue weighted by atomic mass is 9.39. The Labute approximate surface area is 80.2 Å². The molecule has 0 fully saturated rings. The highest BCUT2D eigenvalue weighted by atomic mass is 16.4. The summed E-state index contributed by atoms with van der Waals surface area (Å²) in [7, 11) is 5.70. The van der Waals surface area contributed by atoms with E-state index in [1.54, 1.807) is 0 Å². The summed E-state index contributed by atoms with van der Waals surface area (Å²) in [6.07, 6.45) is -0.0386. The first-order valence-corrected chi connectivity index (χ1v) is 4.06. The molecule has 0 saturated carbocycles. The lowest BCUT2D eigenvalue weighted by molar-refractivity contribution is -0.137. The zero-order valence-corrected chi connectivity index (χ0v) is 8.22. The minimum atomic E-state index is -0.895. The number of rotatable bonds is 4. The van der Waals surface area contributed by atoms with Crippen LogP contribution in [0.4, 0.5) is 0 Å². The molecule has 0 aliphatic rings. The van der Waals surface area contributed by atoms with Crippen molar-refractivity contribution in [2.24, 2.45) is 5.73 Å². The molecule has 0 heterocycles. The monoisotopic (exact) mass is 181 g/mol. The molecule has 0 spiro atoms. The van der Waals surface area contributed by atoms with Crippen LogP contribution in [-0.4, -0.2) is 46.6 Å². The Kier molecular flexibility index (Phi) is 3.90. The quantitative estimate of drug-likeness (QED) is 0.203. The van der Waals surface area contributed by atoms with Gasteiger partial charge in [-0.15, -0.1) is 0 Å². The predicted molar refractivity (Wildman–Crippen MR) is 59.4 cm³/mol. The summed E-state index contributed by atoms with van der Waals surface area (Å²) in [5.41, 5.74) is 5.14. The van der Waals surface area contributed by atoms with E-state index < -0.39 is 5.97 Å². The average molecular weight is 181 g/mol. The Bertz CT molecular complexity index is 200. The van der Waals surface area contributed by atoms with Crippen molar-refractivity contribution in [1.82, 2.24) is 5.32 Å². The summed E-state index contributed by atoms with van der Waals surface area (Å²) < 4.78 is 0. The largest absolute Gasteiger partial charge is 0.481 e.